The monoisotopic (exact) mass is 198 g/mol. The summed E-state index contributed by atoms with van der Waals surface area (Å²) >= 11 is 0. The Morgan fingerprint density at radius 3 is 2.64 bits per heavy atom. The van der Waals surface area contributed by atoms with Gasteiger partial charge in [0.15, 0.2) is 0 Å². The van der Waals surface area contributed by atoms with Crippen LogP contribution in [0.5, 0.6) is 0 Å². The second-order valence-electron chi connectivity index (χ2n) is 5.42. The molecule has 2 nitrogen and oxygen atoms in total. The number of nitrogens with two attached hydrogens (primary N) is 2. The fourth-order valence-corrected chi connectivity index (χ4v) is 2.82. The highest BCUT2D eigenvalue weighted by molar-refractivity contribution is 4.86. The molecular weight excluding hydrogens is 172 g/mol. The zero-order chi connectivity index (χ0) is 10.6. The molecule has 1 rings (SSSR count). The van der Waals surface area contributed by atoms with Crippen molar-refractivity contribution in [2.45, 2.75) is 46.0 Å². The van der Waals surface area contributed by atoms with Crippen LogP contribution < -0.4 is 11.5 Å². The first-order chi connectivity index (χ1) is 6.61. The van der Waals surface area contributed by atoms with Crippen LogP contribution in [-0.4, -0.2) is 13.1 Å². The van der Waals surface area contributed by atoms with E-state index >= 15 is 0 Å². The van der Waals surface area contributed by atoms with Crippen LogP contribution >= 0.6 is 0 Å². The Morgan fingerprint density at radius 2 is 2.07 bits per heavy atom. The first-order valence-electron chi connectivity index (χ1n) is 6.01. The van der Waals surface area contributed by atoms with Crippen molar-refractivity contribution in [3.05, 3.63) is 0 Å². The molecule has 14 heavy (non-hydrogen) atoms. The molecule has 1 aliphatic rings. The first kappa shape index (κ1) is 12.0. The Bertz CT molecular complexity index is 166. The number of hydrogen-bond donors (Lipinski definition) is 2. The normalized spacial score (nSPS) is 38.6. The van der Waals surface area contributed by atoms with Gasteiger partial charge in [-0.3, -0.25) is 0 Å². The van der Waals surface area contributed by atoms with Crippen LogP contribution in [0.2, 0.25) is 0 Å². The molecule has 0 spiro atoms. The Morgan fingerprint density at radius 1 is 1.36 bits per heavy atom. The molecule has 0 aliphatic heterocycles. The van der Waals surface area contributed by atoms with Crippen molar-refractivity contribution in [1.29, 1.82) is 0 Å². The molecule has 0 aromatic rings. The lowest BCUT2D eigenvalue weighted by Gasteiger charge is -2.41. The van der Waals surface area contributed by atoms with E-state index in [-0.39, 0.29) is 0 Å². The van der Waals surface area contributed by atoms with Gasteiger partial charge < -0.3 is 11.5 Å². The molecule has 0 amide bonds. The fraction of sp³-hybridized carbons (Fsp3) is 1.00. The third kappa shape index (κ3) is 2.96. The van der Waals surface area contributed by atoms with Crippen LogP contribution in [0.25, 0.3) is 0 Å². The van der Waals surface area contributed by atoms with E-state index in [1.807, 2.05) is 0 Å². The Balaban J connectivity index is 2.47. The van der Waals surface area contributed by atoms with Gasteiger partial charge in [-0.1, -0.05) is 13.8 Å². The fourth-order valence-electron chi connectivity index (χ4n) is 2.82. The molecule has 0 aromatic carbocycles. The smallest absolute Gasteiger partial charge is 0.00461 e. The maximum absolute atomic E-state index is 5.82. The lowest BCUT2D eigenvalue weighted by atomic mass is 9.65. The molecule has 0 aromatic heterocycles. The van der Waals surface area contributed by atoms with E-state index in [1.165, 1.54) is 32.1 Å². The molecule has 3 atom stereocenters. The summed E-state index contributed by atoms with van der Waals surface area (Å²) in [5.41, 5.74) is 11.9. The third-order valence-electron chi connectivity index (χ3n) is 4.05. The van der Waals surface area contributed by atoms with E-state index in [0.29, 0.717) is 5.41 Å². The van der Waals surface area contributed by atoms with Crippen LogP contribution in [0.1, 0.15) is 46.0 Å². The van der Waals surface area contributed by atoms with Gasteiger partial charge in [0.1, 0.15) is 0 Å². The molecule has 0 saturated heterocycles. The van der Waals surface area contributed by atoms with Gasteiger partial charge in [0.2, 0.25) is 0 Å². The van der Waals surface area contributed by atoms with Crippen molar-refractivity contribution in [3.8, 4) is 0 Å². The quantitative estimate of drug-likeness (QED) is 0.727. The van der Waals surface area contributed by atoms with Crippen LogP contribution in [0.3, 0.4) is 0 Å². The molecule has 3 unspecified atom stereocenters. The predicted octanol–water partition coefficient (Wildman–Crippen LogP) is 2.13. The summed E-state index contributed by atoms with van der Waals surface area (Å²) in [5.74, 6) is 1.57. The maximum atomic E-state index is 5.82. The van der Waals surface area contributed by atoms with Gasteiger partial charge in [0.25, 0.3) is 0 Å². The van der Waals surface area contributed by atoms with Crippen molar-refractivity contribution >= 4 is 0 Å². The van der Waals surface area contributed by atoms with Gasteiger partial charge in [-0.05, 0) is 62.4 Å². The summed E-state index contributed by atoms with van der Waals surface area (Å²) in [6, 6.07) is 0. The second-order valence-corrected chi connectivity index (χ2v) is 5.42. The Kier molecular flexibility index (Phi) is 4.39. The maximum Gasteiger partial charge on any atom is -0.00461 e. The molecule has 4 N–H and O–H groups in total. The molecule has 0 bridgehead atoms. The summed E-state index contributed by atoms with van der Waals surface area (Å²) < 4.78 is 0. The van der Waals surface area contributed by atoms with Crippen molar-refractivity contribution in [2.75, 3.05) is 13.1 Å². The first-order valence-corrected chi connectivity index (χ1v) is 6.01. The molecule has 2 heteroatoms. The number of rotatable bonds is 4. The van der Waals surface area contributed by atoms with Crippen LogP contribution in [0, 0.1) is 17.3 Å². The van der Waals surface area contributed by atoms with Gasteiger partial charge in [0.05, 0.1) is 0 Å². The largest absolute Gasteiger partial charge is 0.330 e. The van der Waals surface area contributed by atoms with Crippen LogP contribution in [0.4, 0.5) is 0 Å². The molecular formula is C12H26N2. The lowest BCUT2D eigenvalue weighted by Crippen LogP contribution is -2.35. The topological polar surface area (TPSA) is 52.0 Å². The van der Waals surface area contributed by atoms with E-state index in [9.17, 15) is 0 Å². The summed E-state index contributed by atoms with van der Waals surface area (Å²) in [4.78, 5) is 0. The SMILES string of the molecule is CC1CCC(C)(CCCN)CC1CN. The molecule has 1 saturated carbocycles. The van der Waals surface area contributed by atoms with Gasteiger partial charge in [-0.15, -0.1) is 0 Å². The second kappa shape index (κ2) is 5.13. The van der Waals surface area contributed by atoms with E-state index in [4.69, 9.17) is 11.5 Å². The van der Waals surface area contributed by atoms with Gasteiger partial charge in [-0.2, -0.15) is 0 Å². The predicted molar refractivity (Wildman–Crippen MR) is 62.0 cm³/mol. The molecule has 1 fully saturated rings. The van der Waals surface area contributed by atoms with Crippen molar-refractivity contribution in [3.63, 3.8) is 0 Å². The summed E-state index contributed by atoms with van der Waals surface area (Å²) in [7, 11) is 0. The minimum absolute atomic E-state index is 0.524. The average molecular weight is 198 g/mol. The van der Waals surface area contributed by atoms with E-state index in [1.54, 1.807) is 0 Å². The number of hydrogen-bond acceptors (Lipinski definition) is 2. The van der Waals surface area contributed by atoms with Crippen molar-refractivity contribution in [1.82, 2.24) is 0 Å². The van der Waals surface area contributed by atoms with Crippen LogP contribution in [0.15, 0.2) is 0 Å². The van der Waals surface area contributed by atoms with E-state index in [0.717, 1.165) is 24.9 Å². The van der Waals surface area contributed by atoms with Gasteiger partial charge in [-0.25, -0.2) is 0 Å². The van der Waals surface area contributed by atoms with Crippen molar-refractivity contribution < 1.29 is 0 Å². The summed E-state index contributed by atoms with van der Waals surface area (Å²) in [5, 5.41) is 0. The Hall–Kier alpha value is -0.0800. The van der Waals surface area contributed by atoms with E-state index in [2.05, 4.69) is 13.8 Å². The summed E-state index contributed by atoms with van der Waals surface area (Å²) in [6.07, 6.45) is 6.48. The average Bonchev–Trinajstić information content (AvgIpc) is 2.19. The third-order valence-corrected chi connectivity index (χ3v) is 4.05. The highest BCUT2D eigenvalue weighted by atomic mass is 14.6. The molecule has 1 aliphatic carbocycles. The highest BCUT2D eigenvalue weighted by Gasteiger charge is 2.34. The molecule has 0 heterocycles. The minimum atomic E-state index is 0.524. The van der Waals surface area contributed by atoms with Crippen molar-refractivity contribution in [2.24, 2.45) is 28.7 Å². The van der Waals surface area contributed by atoms with Gasteiger partial charge >= 0.3 is 0 Å². The summed E-state index contributed by atoms with van der Waals surface area (Å²) in [6.45, 7) is 6.45. The van der Waals surface area contributed by atoms with Crippen LogP contribution in [-0.2, 0) is 0 Å². The minimum Gasteiger partial charge on any atom is -0.330 e. The molecule has 0 radical (unpaired) electrons. The van der Waals surface area contributed by atoms with Gasteiger partial charge in [0, 0.05) is 0 Å². The highest BCUT2D eigenvalue weighted by Crippen LogP contribution is 2.44. The van der Waals surface area contributed by atoms with E-state index < -0.39 is 0 Å². The lowest BCUT2D eigenvalue weighted by molar-refractivity contribution is 0.105. The molecule has 84 valence electrons. The zero-order valence-corrected chi connectivity index (χ0v) is 9.76. The Labute approximate surface area is 88.4 Å². The zero-order valence-electron chi connectivity index (χ0n) is 9.76. The standard InChI is InChI=1S/C12H26N2/c1-10-4-6-12(2,5-3-7-13)8-11(10)9-14/h10-11H,3-9,13-14H2,1-2H3.